The molecule has 0 saturated heterocycles. The first kappa shape index (κ1) is 8.80. The van der Waals surface area contributed by atoms with Gasteiger partial charge in [-0.15, -0.1) is 11.3 Å². The molecule has 2 N–H and O–H groups in total. The third kappa shape index (κ3) is 1.16. The lowest BCUT2D eigenvalue weighted by molar-refractivity contribution is 1.85. The van der Waals surface area contributed by atoms with E-state index in [1.165, 1.54) is 15.5 Å². The van der Waals surface area contributed by atoms with Gasteiger partial charge in [0.2, 0.25) is 0 Å². The molecule has 15 heavy (non-hydrogen) atoms. The fourth-order valence-electron chi connectivity index (χ4n) is 1.82. The molecule has 0 amide bonds. The summed E-state index contributed by atoms with van der Waals surface area (Å²) >= 11 is 1.70. The van der Waals surface area contributed by atoms with Crippen LogP contribution in [0.3, 0.4) is 0 Å². The smallest absolute Gasteiger partial charge is 0.116 e. The van der Waals surface area contributed by atoms with E-state index in [-0.39, 0.29) is 0 Å². The van der Waals surface area contributed by atoms with Crippen molar-refractivity contribution in [1.29, 1.82) is 0 Å². The molecule has 70 valence electrons. The summed E-state index contributed by atoms with van der Waals surface area (Å²) in [4.78, 5) is 0. The maximum atomic E-state index is 5.97. The van der Waals surface area contributed by atoms with E-state index in [1.54, 1.807) is 11.3 Å². The number of anilines is 1. The molecule has 1 heterocycles. The number of nitrogen functional groups attached to an aromatic ring is 1. The average molecular weight is 209 g/mol. The first-order chi connectivity index (χ1) is 7.27. The van der Waals surface area contributed by atoms with E-state index in [2.05, 4.69) is 12.1 Å². The van der Waals surface area contributed by atoms with Crippen LogP contribution in [-0.2, 0) is 0 Å². The molecule has 0 aliphatic heterocycles. The maximum Gasteiger partial charge on any atom is 0.116 e. The topological polar surface area (TPSA) is 26.0 Å². The van der Waals surface area contributed by atoms with E-state index in [9.17, 15) is 0 Å². The number of fused-ring (bicyclic) bond motifs is 3. The maximum absolute atomic E-state index is 5.97. The Bertz CT molecular complexity index is 657. The second kappa shape index (κ2) is 3.01. The van der Waals surface area contributed by atoms with Crippen LogP contribution in [0.15, 0.2) is 36.4 Å². The number of rotatable bonds is 0. The molecule has 0 fully saturated rings. The van der Waals surface area contributed by atoms with Gasteiger partial charge < -0.3 is 5.73 Å². The van der Waals surface area contributed by atoms with E-state index in [1.807, 2.05) is 24.3 Å². The molecular weight excluding hydrogens is 201 g/mol. The zero-order valence-corrected chi connectivity index (χ0v) is 8.84. The normalized spacial score (nSPS) is 11.2. The van der Waals surface area contributed by atoms with Crippen LogP contribution in [0.25, 0.3) is 20.2 Å². The Hall–Kier alpha value is -1.48. The molecule has 0 spiro atoms. The number of hydrogen-bond donors (Lipinski definition) is 1. The molecule has 0 unspecified atom stereocenters. The van der Waals surface area contributed by atoms with Crippen LogP contribution in [0.2, 0.25) is 0 Å². The summed E-state index contributed by atoms with van der Waals surface area (Å²) in [7, 11) is 5.79. The summed E-state index contributed by atoms with van der Waals surface area (Å²) in [5, 5.41) is 2.45. The van der Waals surface area contributed by atoms with Crippen molar-refractivity contribution in [3.63, 3.8) is 0 Å². The molecule has 3 rings (SSSR count). The lowest BCUT2D eigenvalue weighted by Gasteiger charge is -2.00. The van der Waals surface area contributed by atoms with E-state index in [0.717, 1.165) is 4.70 Å². The van der Waals surface area contributed by atoms with Crippen LogP contribution in [0, 0.1) is 0 Å². The fraction of sp³-hybridized carbons (Fsp3) is 0. The highest BCUT2D eigenvalue weighted by atomic mass is 32.1. The molecule has 1 aromatic heterocycles. The predicted molar refractivity (Wildman–Crippen MR) is 69.1 cm³/mol. The van der Waals surface area contributed by atoms with E-state index in [4.69, 9.17) is 13.6 Å². The summed E-state index contributed by atoms with van der Waals surface area (Å²) in [5.41, 5.74) is 7.33. The number of thiophene rings is 1. The monoisotopic (exact) mass is 209 g/mol. The van der Waals surface area contributed by atoms with E-state index >= 15 is 0 Å². The second-order valence-electron chi connectivity index (χ2n) is 3.54. The Morgan fingerprint density at radius 1 is 1.00 bits per heavy atom. The van der Waals surface area contributed by atoms with Crippen LogP contribution in [0.5, 0.6) is 0 Å². The molecule has 2 aromatic carbocycles. The van der Waals surface area contributed by atoms with Gasteiger partial charge in [-0.05, 0) is 6.07 Å². The standard InChI is InChI=1S/C12H8BNS/c13-9-6-5-8-7-3-1-2-4-10(7)15-12(8)11(9)14/h1-6H,14H2. The molecule has 0 atom stereocenters. The molecule has 1 nitrogen and oxygen atoms in total. The number of benzene rings is 2. The largest absolute Gasteiger partial charge is 0.398 e. The van der Waals surface area contributed by atoms with Crippen LogP contribution in [0.4, 0.5) is 5.69 Å². The van der Waals surface area contributed by atoms with Crippen molar-refractivity contribution < 1.29 is 0 Å². The Labute approximate surface area is 92.9 Å². The Morgan fingerprint density at radius 3 is 2.67 bits per heavy atom. The summed E-state index contributed by atoms with van der Waals surface area (Å²) in [5.74, 6) is 0. The minimum Gasteiger partial charge on any atom is -0.398 e. The first-order valence-corrected chi connectivity index (χ1v) is 5.54. The first-order valence-electron chi connectivity index (χ1n) is 4.72. The van der Waals surface area contributed by atoms with Gasteiger partial charge >= 0.3 is 0 Å². The Balaban J connectivity index is 2.60. The van der Waals surface area contributed by atoms with Gasteiger partial charge in [-0.2, -0.15) is 0 Å². The molecule has 2 radical (unpaired) electrons. The zero-order chi connectivity index (χ0) is 10.4. The van der Waals surface area contributed by atoms with E-state index in [0.29, 0.717) is 11.2 Å². The molecular formula is C12H8BNS. The van der Waals surface area contributed by atoms with Crippen molar-refractivity contribution in [3.8, 4) is 0 Å². The van der Waals surface area contributed by atoms with Gasteiger partial charge in [0.1, 0.15) is 7.85 Å². The lowest BCUT2D eigenvalue weighted by Crippen LogP contribution is -2.08. The lowest BCUT2D eigenvalue weighted by atomic mass is 9.93. The highest BCUT2D eigenvalue weighted by Gasteiger charge is 2.07. The molecule has 3 heteroatoms. The predicted octanol–water partition coefficient (Wildman–Crippen LogP) is 2.43. The second-order valence-corrected chi connectivity index (χ2v) is 4.60. The zero-order valence-electron chi connectivity index (χ0n) is 8.03. The fourth-order valence-corrected chi connectivity index (χ4v) is 3.00. The average Bonchev–Trinajstić information content (AvgIpc) is 2.63. The van der Waals surface area contributed by atoms with Crippen molar-refractivity contribution in [3.05, 3.63) is 36.4 Å². The molecule has 0 aliphatic carbocycles. The van der Waals surface area contributed by atoms with Gasteiger partial charge in [-0.25, -0.2) is 0 Å². The summed E-state index contributed by atoms with van der Waals surface area (Å²) in [6, 6.07) is 12.2. The highest BCUT2D eigenvalue weighted by molar-refractivity contribution is 7.26. The minimum atomic E-state index is 0.661. The summed E-state index contributed by atoms with van der Waals surface area (Å²) in [6.45, 7) is 0. The third-order valence-electron chi connectivity index (χ3n) is 2.62. The number of nitrogens with two attached hydrogens (primary N) is 1. The van der Waals surface area contributed by atoms with Gasteiger partial charge in [0, 0.05) is 21.2 Å². The number of hydrogen-bond acceptors (Lipinski definition) is 2. The molecule has 0 bridgehead atoms. The van der Waals surface area contributed by atoms with Gasteiger partial charge in [0.15, 0.2) is 0 Å². The van der Waals surface area contributed by atoms with E-state index < -0.39 is 0 Å². The Morgan fingerprint density at radius 2 is 1.80 bits per heavy atom. The third-order valence-corrected chi connectivity index (χ3v) is 3.84. The van der Waals surface area contributed by atoms with Crippen LogP contribution >= 0.6 is 11.3 Å². The highest BCUT2D eigenvalue weighted by Crippen LogP contribution is 2.35. The van der Waals surface area contributed by atoms with Gasteiger partial charge in [-0.1, -0.05) is 35.8 Å². The van der Waals surface area contributed by atoms with Crippen molar-refractivity contribution in [2.45, 2.75) is 0 Å². The molecule has 3 aromatic rings. The van der Waals surface area contributed by atoms with Crippen LogP contribution in [-0.4, -0.2) is 7.85 Å². The van der Waals surface area contributed by atoms with Gasteiger partial charge in [-0.3, -0.25) is 0 Å². The van der Waals surface area contributed by atoms with Crippen molar-refractivity contribution in [2.75, 3.05) is 5.73 Å². The Kier molecular flexibility index (Phi) is 1.76. The van der Waals surface area contributed by atoms with Gasteiger partial charge in [0.05, 0.1) is 4.70 Å². The van der Waals surface area contributed by atoms with Crippen molar-refractivity contribution in [1.82, 2.24) is 0 Å². The summed E-state index contributed by atoms with van der Waals surface area (Å²) in [6.07, 6.45) is 0. The SMILES string of the molecule is [B]c1ccc2c(sc3ccccc32)c1N. The quantitative estimate of drug-likeness (QED) is 0.446. The molecule has 0 aliphatic rings. The van der Waals surface area contributed by atoms with Crippen molar-refractivity contribution in [2.24, 2.45) is 0 Å². The minimum absolute atomic E-state index is 0.661. The molecule has 0 saturated carbocycles. The summed E-state index contributed by atoms with van der Waals surface area (Å²) < 4.78 is 2.35. The van der Waals surface area contributed by atoms with Crippen molar-refractivity contribution >= 4 is 50.5 Å². The van der Waals surface area contributed by atoms with Crippen LogP contribution in [0.1, 0.15) is 0 Å². The van der Waals surface area contributed by atoms with Gasteiger partial charge in [0.25, 0.3) is 0 Å². The van der Waals surface area contributed by atoms with Crippen LogP contribution < -0.4 is 11.2 Å².